The first-order chi connectivity index (χ1) is 8.00. The van der Waals surface area contributed by atoms with E-state index in [2.05, 4.69) is 0 Å². The van der Waals surface area contributed by atoms with Crippen LogP contribution in [0.4, 0.5) is 13.2 Å². The van der Waals surface area contributed by atoms with E-state index in [0.717, 1.165) is 6.07 Å². The van der Waals surface area contributed by atoms with Crippen LogP contribution in [0, 0.1) is 0 Å². The van der Waals surface area contributed by atoms with Gasteiger partial charge >= 0.3 is 6.18 Å². The molecule has 1 aromatic carbocycles. The molecule has 0 heterocycles. The molecule has 1 rings (SSSR count). The van der Waals surface area contributed by atoms with E-state index in [-0.39, 0.29) is 18.1 Å². The summed E-state index contributed by atoms with van der Waals surface area (Å²) in [5, 5.41) is 0. The standard InChI is InChI=1S/C12H15F3O2/c1-3-5-9-10(12(13,14)15)6-4-7-11(9)17-8-16-2/h4,6-7H,3,5,8H2,1-2H3. The smallest absolute Gasteiger partial charge is 0.416 e. The molecule has 0 aliphatic carbocycles. The molecule has 0 N–H and O–H groups in total. The fourth-order valence-electron chi connectivity index (χ4n) is 1.60. The summed E-state index contributed by atoms with van der Waals surface area (Å²) in [6.07, 6.45) is -3.40. The molecule has 0 amide bonds. The molecule has 1 aromatic rings. The highest BCUT2D eigenvalue weighted by Gasteiger charge is 2.34. The van der Waals surface area contributed by atoms with Gasteiger partial charge in [0.2, 0.25) is 0 Å². The predicted octanol–water partition coefficient (Wildman–Crippen LogP) is 3.64. The van der Waals surface area contributed by atoms with Crippen LogP contribution in [0.5, 0.6) is 5.75 Å². The highest BCUT2D eigenvalue weighted by molar-refractivity contribution is 5.42. The molecule has 2 nitrogen and oxygen atoms in total. The van der Waals surface area contributed by atoms with Gasteiger partial charge in [-0.15, -0.1) is 0 Å². The van der Waals surface area contributed by atoms with E-state index in [1.165, 1.54) is 19.2 Å². The molecular weight excluding hydrogens is 233 g/mol. The fraction of sp³-hybridized carbons (Fsp3) is 0.500. The molecule has 0 radical (unpaired) electrons. The lowest BCUT2D eigenvalue weighted by molar-refractivity contribution is -0.138. The Morgan fingerprint density at radius 2 is 1.94 bits per heavy atom. The first-order valence-electron chi connectivity index (χ1n) is 5.31. The van der Waals surface area contributed by atoms with E-state index in [0.29, 0.717) is 12.8 Å². The van der Waals surface area contributed by atoms with Crippen LogP contribution in [0.1, 0.15) is 24.5 Å². The number of rotatable bonds is 5. The second-order valence-electron chi connectivity index (χ2n) is 3.58. The van der Waals surface area contributed by atoms with E-state index in [4.69, 9.17) is 9.47 Å². The topological polar surface area (TPSA) is 18.5 Å². The quantitative estimate of drug-likeness (QED) is 0.741. The molecule has 0 saturated carbocycles. The number of halogens is 3. The average Bonchev–Trinajstić information content (AvgIpc) is 2.26. The number of hydrogen-bond acceptors (Lipinski definition) is 2. The molecule has 0 aliphatic heterocycles. The normalized spacial score (nSPS) is 11.6. The van der Waals surface area contributed by atoms with Crippen molar-refractivity contribution in [2.75, 3.05) is 13.9 Å². The highest BCUT2D eigenvalue weighted by Crippen LogP contribution is 2.36. The minimum Gasteiger partial charge on any atom is -0.467 e. The molecule has 0 atom stereocenters. The van der Waals surface area contributed by atoms with E-state index in [9.17, 15) is 13.2 Å². The third-order valence-electron chi connectivity index (χ3n) is 2.27. The van der Waals surface area contributed by atoms with E-state index in [1.54, 1.807) is 0 Å². The summed E-state index contributed by atoms with van der Waals surface area (Å²) in [4.78, 5) is 0. The van der Waals surface area contributed by atoms with Gasteiger partial charge in [0, 0.05) is 12.7 Å². The van der Waals surface area contributed by atoms with Crippen molar-refractivity contribution in [1.29, 1.82) is 0 Å². The van der Waals surface area contributed by atoms with Gasteiger partial charge in [0.05, 0.1) is 5.56 Å². The number of hydrogen-bond donors (Lipinski definition) is 0. The first-order valence-corrected chi connectivity index (χ1v) is 5.31. The molecule has 17 heavy (non-hydrogen) atoms. The van der Waals surface area contributed by atoms with Gasteiger partial charge in [-0.1, -0.05) is 19.4 Å². The van der Waals surface area contributed by atoms with Crippen molar-refractivity contribution < 1.29 is 22.6 Å². The summed E-state index contributed by atoms with van der Waals surface area (Å²) in [6, 6.07) is 3.94. The van der Waals surface area contributed by atoms with Crippen LogP contribution in [0.25, 0.3) is 0 Å². The van der Waals surface area contributed by atoms with Crippen molar-refractivity contribution in [2.24, 2.45) is 0 Å². The average molecular weight is 248 g/mol. The third kappa shape index (κ3) is 3.63. The molecule has 0 fully saturated rings. The maximum atomic E-state index is 12.8. The van der Waals surface area contributed by atoms with Crippen LogP contribution in [-0.4, -0.2) is 13.9 Å². The van der Waals surface area contributed by atoms with Gasteiger partial charge < -0.3 is 9.47 Å². The zero-order valence-electron chi connectivity index (χ0n) is 9.80. The summed E-state index contributed by atoms with van der Waals surface area (Å²) in [6.45, 7) is 1.77. The minimum absolute atomic E-state index is 0.0575. The van der Waals surface area contributed by atoms with Gasteiger partial charge in [0.15, 0.2) is 6.79 Å². The Balaban J connectivity index is 3.12. The van der Waals surface area contributed by atoms with Crippen molar-refractivity contribution in [3.8, 4) is 5.75 Å². The van der Waals surface area contributed by atoms with Crippen molar-refractivity contribution >= 4 is 0 Å². The van der Waals surface area contributed by atoms with Crippen LogP contribution >= 0.6 is 0 Å². The molecule has 0 aromatic heterocycles. The second kappa shape index (κ2) is 5.91. The van der Waals surface area contributed by atoms with E-state index < -0.39 is 11.7 Å². The largest absolute Gasteiger partial charge is 0.467 e. The van der Waals surface area contributed by atoms with E-state index in [1.807, 2.05) is 6.92 Å². The van der Waals surface area contributed by atoms with E-state index >= 15 is 0 Å². The first kappa shape index (κ1) is 13.8. The van der Waals surface area contributed by atoms with Gasteiger partial charge in [0.25, 0.3) is 0 Å². The minimum atomic E-state index is -4.35. The lowest BCUT2D eigenvalue weighted by Gasteiger charge is -2.16. The van der Waals surface area contributed by atoms with Gasteiger partial charge in [-0.05, 0) is 18.6 Å². The Kier molecular flexibility index (Phi) is 4.81. The van der Waals surface area contributed by atoms with Crippen molar-refractivity contribution in [3.63, 3.8) is 0 Å². The molecule has 0 spiro atoms. The number of methoxy groups -OCH3 is 1. The Bertz CT molecular complexity index is 361. The summed E-state index contributed by atoms with van der Waals surface area (Å²) >= 11 is 0. The van der Waals surface area contributed by atoms with Gasteiger partial charge in [-0.3, -0.25) is 0 Å². The molecule has 0 saturated heterocycles. The molecular formula is C12H15F3O2. The number of alkyl halides is 3. The lowest BCUT2D eigenvalue weighted by atomic mass is 10.0. The van der Waals surface area contributed by atoms with Crippen LogP contribution in [0.15, 0.2) is 18.2 Å². The van der Waals surface area contributed by atoms with Gasteiger partial charge in [-0.25, -0.2) is 0 Å². The molecule has 96 valence electrons. The maximum Gasteiger partial charge on any atom is 0.416 e. The molecule has 0 aliphatic rings. The SMILES string of the molecule is CCCc1c(OCOC)cccc1C(F)(F)F. The Morgan fingerprint density at radius 3 is 2.47 bits per heavy atom. The summed E-state index contributed by atoms with van der Waals surface area (Å²) in [7, 11) is 1.42. The fourth-order valence-corrected chi connectivity index (χ4v) is 1.60. The van der Waals surface area contributed by atoms with Crippen LogP contribution in [0.3, 0.4) is 0 Å². The monoisotopic (exact) mass is 248 g/mol. The summed E-state index contributed by atoms with van der Waals surface area (Å²) < 4.78 is 48.2. The van der Waals surface area contributed by atoms with Gasteiger partial charge in [-0.2, -0.15) is 13.2 Å². The van der Waals surface area contributed by atoms with Crippen molar-refractivity contribution in [3.05, 3.63) is 29.3 Å². The Morgan fingerprint density at radius 1 is 1.24 bits per heavy atom. The summed E-state index contributed by atoms with van der Waals surface area (Å²) in [5.41, 5.74) is -0.437. The Labute approximate surface area is 98.3 Å². The number of ether oxygens (including phenoxy) is 2. The predicted molar refractivity (Wildman–Crippen MR) is 57.9 cm³/mol. The Hall–Kier alpha value is -1.23. The van der Waals surface area contributed by atoms with Gasteiger partial charge in [0.1, 0.15) is 5.75 Å². The molecule has 0 unspecified atom stereocenters. The van der Waals surface area contributed by atoms with Crippen molar-refractivity contribution in [1.82, 2.24) is 0 Å². The highest BCUT2D eigenvalue weighted by atomic mass is 19.4. The zero-order chi connectivity index (χ0) is 12.9. The van der Waals surface area contributed by atoms with Crippen LogP contribution in [0.2, 0.25) is 0 Å². The zero-order valence-corrected chi connectivity index (χ0v) is 9.80. The van der Waals surface area contributed by atoms with Crippen LogP contribution < -0.4 is 4.74 Å². The summed E-state index contributed by atoms with van der Waals surface area (Å²) in [5.74, 6) is 0.239. The van der Waals surface area contributed by atoms with Crippen LogP contribution in [-0.2, 0) is 17.3 Å². The second-order valence-corrected chi connectivity index (χ2v) is 3.58. The lowest BCUT2D eigenvalue weighted by Crippen LogP contribution is -2.11. The van der Waals surface area contributed by atoms with Crippen molar-refractivity contribution in [2.45, 2.75) is 25.9 Å². The molecule has 5 heteroatoms. The maximum absolute atomic E-state index is 12.8. The molecule has 0 bridgehead atoms. The third-order valence-corrected chi connectivity index (χ3v) is 2.27. The number of benzene rings is 1.